The van der Waals surface area contributed by atoms with Gasteiger partial charge in [0.1, 0.15) is 5.82 Å². The molecule has 0 spiro atoms. The second-order valence-corrected chi connectivity index (χ2v) is 9.06. The Morgan fingerprint density at radius 3 is 2.45 bits per heavy atom. The minimum Gasteiger partial charge on any atom is -0.367 e. The number of likely N-dealkylation sites (tertiary alicyclic amines) is 1. The lowest BCUT2D eigenvalue weighted by Gasteiger charge is -2.35. The van der Waals surface area contributed by atoms with E-state index in [1.807, 2.05) is 20.8 Å². The van der Waals surface area contributed by atoms with Crippen LogP contribution < -0.4 is 5.32 Å². The van der Waals surface area contributed by atoms with Crippen LogP contribution >= 0.6 is 0 Å². The maximum absolute atomic E-state index is 13.7. The fraction of sp³-hybridized carbons (Fsp3) is 0.667. The first-order chi connectivity index (χ1) is 14.5. The molecule has 1 N–H and O–H groups in total. The number of carbonyl (C=O) groups excluding carboxylic acids is 1. The van der Waals surface area contributed by atoms with Crippen molar-refractivity contribution < 1.29 is 18.0 Å². The number of nitrogens with zero attached hydrogens (tertiary/aromatic N) is 5. The van der Waals surface area contributed by atoms with E-state index < -0.39 is 12.2 Å². The molecule has 1 amide bonds. The molecule has 2 aromatic rings. The topological polar surface area (TPSA) is 68.0 Å². The Kier molecular flexibility index (Phi) is 5.51. The monoisotopic (exact) mass is 438 g/mol. The number of hydrogen-bond acceptors (Lipinski definition) is 4. The number of aromatic nitrogens is 4. The fourth-order valence-electron chi connectivity index (χ4n) is 4.62. The Labute approximate surface area is 179 Å². The third-order valence-electron chi connectivity index (χ3n) is 6.49. The van der Waals surface area contributed by atoms with Gasteiger partial charge in [-0.05, 0) is 32.1 Å². The number of alkyl halides is 3. The minimum absolute atomic E-state index is 0.0211. The number of nitrogens with one attached hydrogen (secondary N) is 1. The van der Waals surface area contributed by atoms with Crippen molar-refractivity contribution in [1.82, 2.24) is 24.5 Å². The number of piperidine rings is 1. The van der Waals surface area contributed by atoms with Gasteiger partial charge in [0.25, 0.3) is 5.91 Å². The van der Waals surface area contributed by atoms with Gasteiger partial charge in [0, 0.05) is 44.4 Å². The summed E-state index contributed by atoms with van der Waals surface area (Å²) in [7, 11) is 1.78. The molecular formula is C21H29F3N6O. The van der Waals surface area contributed by atoms with Gasteiger partial charge in [0.15, 0.2) is 6.04 Å². The van der Waals surface area contributed by atoms with Crippen LogP contribution in [0.3, 0.4) is 0 Å². The number of amides is 1. The summed E-state index contributed by atoms with van der Waals surface area (Å²) in [6, 6.07) is -0.0910. The van der Waals surface area contributed by atoms with E-state index in [1.54, 1.807) is 28.9 Å². The number of halogens is 3. The molecule has 0 saturated carbocycles. The van der Waals surface area contributed by atoms with Gasteiger partial charge >= 0.3 is 6.18 Å². The van der Waals surface area contributed by atoms with Gasteiger partial charge in [0.05, 0.1) is 17.0 Å². The van der Waals surface area contributed by atoms with Crippen molar-refractivity contribution in [1.29, 1.82) is 0 Å². The smallest absolute Gasteiger partial charge is 0.367 e. The van der Waals surface area contributed by atoms with Crippen LogP contribution in [-0.2, 0) is 7.05 Å². The largest absolute Gasteiger partial charge is 0.410 e. The highest BCUT2D eigenvalue weighted by atomic mass is 19.4. The average Bonchev–Trinajstić information content (AvgIpc) is 3.28. The van der Waals surface area contributed by atoms with Crippen LogP contribution in [-0.4, -0.2) is 55.7 Å². The van der Waals surface area contributed by atoms with Gasteiger partial charge in [-0.2, -0.15) is 23.4 Å². The molecule has 4 heterocycles. The molecule has 7 nitrogen and oxygen atoms in total. The Balaban J connectivity index is 1.49. The summed E-state index contributed by atoms with van der Waals surface area (Å²) in [5.74, 6) is 0.506. The van der Waals surface area contributed by atoms with E-state index in [0.29, 0.717) is 48.7 Å². The van der Waals surface area contributed by atoms with Gasteiger partial charge in [-0.1, -0.05) is 13.8 Å². The Hall–Kier alpha value is -2.52. The second-order valence-electron chi connectivity index (χ2n) is 9.06. The number of anilines is 1. The van der Waals surface area contributed by atoms with Crippen molar-refractivity contribution in [2.75, 3.05) is 18.4 Å². The van der Waals surface area contributed by atoms with Crippen molar-refractivity contribution in [2.24, 2.45) is 13.0 Å². The summed E-state index contributed by atoms with van der Waals surface area (Å²) in [6.45, 7) is 6.75. The third kappa shape index (κ3) is 4.16. The van der Waals surface area contributed by atoms with Crippen LogP contribution in [0.4, 0.5) is 19.0 Å². The zero-order valence-corrected chi connectivity index (χ0v) is 18.3. The summed E-state index contributed by atoms with van der Waals surface area (Å²) in [4.78, 5) is 14.6. The van der Waals surface area contributed by atoms with E-state index >= 15 is 0 Å². The highest BCUT2D eigenvalue weighted by Gasteiger charge is 2.47. The van der Waals surface area contributed by atoms with Gasteiger partial charge in [0.2, 0.25) is 0 Å². The van der Waals surface area contributed by atoms with Crippen LogP contribution in [0.1, 0.15) is 66.8 Å². The summed E-state index contributed by atoms with van der Waals surface area (Å²) >= 11 is 0. The molecule has 1 saturated heterocycles. The normalized spacial score (nSPS) is 22.5. The third-order valence-corrected chi connectivity index (χ3v) is 6.49. The van der Waals surface area contributed by atoms with E-state index in [0.717, 1.165) is 4.68 Å². The molecule has 31 heavy (non-hydrogen) atoms. The lowest BCUT2D eigenvalue weighted by atomic mass is 9.93. The van der Waals surface area contributed by atoms with Crippen molar-refractivity contribution in [2.45, 2.75) is 64.2 Å². The molecule has 0 radical (unpaired) electrons. The van der Waals surface area contributed by atoms with Crippen molar-refractivity contribution in [3.8, 4) is 0 Å². The van der Waals surface area contributed by atoms with Crippen molar-refractivity contribution in [3.63, 3.8) is 0 Å². The molecule has 0 bridgehead atoms. The summed E-state index contributed by atoms with van der Waals surface area (Å²) in [5, 5.41) is 11.9. The molecule has 1 fully saturated rings. The predicted molar refractivity (Wildman–Crippen MR) is 110 cm³/mol. The highest BCUT2D eigenvalue weighted by Crippen LogP contribution is 2.42. The molecule has 10 heteroatoms. The fourth-order valence-corrected chi connectivity index (χ4v) is 4.62. The molecule has 0 aromatic carbocycles. The first-order valence-electron chi connectivity index (χ1n) is 10.8. The molecule has 4 rings (SSSR count). The van der Waals surface area contributed by atoms with E-state index in [9.17, 15) is 18.0 Å². The first kappa shape index (κ1) is 21.7. The van der Waals surface area contributed by atoms with Gasteiger partial charge in [-0.3, -0.25) is 9.48 Å². The zero-order valence-electron chi connectivity index (χ0n) is 18.3. The molecule has 0 aliphatic carbocycles. The van der Waals surface area contributed by atoms with Gasteiger partial charge in [-0.15, -0.1) is 0 Å². The SMILES string of the molecule is Cc1nn(C)cc1C(=O)N1CCC(c2cc3n(n2)[C@@H](C(F)(F)F)C[C@@H](C(C)C)N3)CC1. The molecule has 2 aliphatic heterocycles. The van der Waals surface area contributed by atoms with Crippen LogP contribution in [0.15, 0.2) is 12.3 Å². The average molecular weight is 438 g/mol. The van der Waals surface area contributed by atoms with E-state index in [-0.39, 0.29) is 30.2 Å². The molecule has 2 atom stereocenters. The van der Waals surface area contributed by atoms with Crippen LogP contribution in [0.2, 0.25) is 0 Å². The lowest BCUT2D eigenvalue weighted by molar-refractivity contribution is -0.174. The Bertz CT molecular complexity index is 955. The van der Waals surface area contributed by atoms with Gasteiger partial charge in [-0.25, -0.2) is 4.68 Å². The van der Waals surface area contributed by atoms with Gasteiger partial charge < -0.3 is 10.2 Å². The Morgan fingerprint density at radius 2 is 1.90 bits per heavy atom. The molecule has 2 aliphatic rings. The van der Waals surface area contributed by atoms with Crippen molar-refractivity contribution in [3.05, 3.63) is 29.2 Å². The standard InChI is InChI=1S/C21H29F3N6O/c1-12(2)16-9-18(21(22,23)24)30-19(25-16)10-17(27-30)14-5-7-29(8-6-14)20(31)15-11-28(4)26-13(15)3/h10-12,14,16,18,25H,5-9H2,1-4H3/t16-,18+/m0/s1. The number of fused-ring (bicyclic) bond motifs is 1. The van der Waals surface area contributed by atoms with Crippen LogP contribution in [0.5, 0.6) is 0 Å². The van der Waals surface area contributed by atoms with Crippen molar-refractivity contribution >= 4 is 11.7 Å². The van der Waals surface area contributed by atoms with E-state index in [2.05, 4.69) is 15.5 Å². The molecule has 170 valence electrons. The second kappa shape index (κ2) is 7.87. The number of rotatable bonds is 3. The highest BCUT2D eigenvalue weighted by molar-refractivity contribution is 5.95. The number of aryl methyl sites for hydroxylation is 2. The molecular weight excluding hydrogens is 409 g/mol. The quantitative estimate of drug-likeness (QED) is 0.790. The summed E-state index contributed by atoms with van der Waals surface area (Å²) in [6.07, 6.45) is -1.30. The Morgan fingerprint density at radius 1 is 1.23 bits per heavy atom. The van der Waals surface area contributed by atoms with E-state index in [4.69, 9.17) is 0 Å². The van der Waals surface area contributed by atoms with Crippen LogP contribution in [0, 0.1) is 12.8 Å². The minimum atomic E-state index is -4.34. The number of hydrogen-bond donors (Lipinski definition) is 1. The summed E-state index contributed by atoms with van der Waals surface area (Å²) in [5.41, 5.74) is 1.96. The predicted octanol–water partition coefficient (Wildman–Crippen LogP) is 3.89. The maximum Gasteiger partial charge on any atom is 0.410 e. The molecule has 2 aromatic heterocycles. The van der Waals surface area contributed by atoms with Crippen LogP contribution in [0.25, 0.3) is 0 Å². The van der Waals surface area contributed by atoms with E-state index in [1.165, 1.54) is 0 Å². The zero-order chi connectivity index (χ0) is 22.5. The molecule has 0 unspecified atom stereocenters. The lowest BCUT2D eigenvalue weighted by Crippen LogP contribution is -2.41. The number of carbonyl (C=O) groups is 1. The summed E-state index contributed by atoms with van der Waals surface area (Å²) < 4.78 is 43.9. The first-order valence-corrected chi connectivity index (χ1v) is 10.8. The maximum atomic E-state index is 13.7.